The molecule has 1 aromatic rings. The molecule has 1 aromatic carbocycles. The second-order valence-corrected chi connectivity index (χ2v) is 5.93. The fraction of sp³-hybridized carbons (Fsp3) is 0.467. The molecule has 1 saturated heterocycles. The van der Waals surface area contributed by atoms with Crippen LogP contribution in [0, 0.1) is 0 Å². The van der Waals surface area contributed by atoms with Crippen molar-refractivity contribution in [2.45, 2.75) is 30.7 Å². The summed E-state index contributed by atoms with van der Waals surface area (Å²) in [6.07, 6.45) is 1.05. The van der Waals surface area contributed by atoms with E-state index in [0.29, 0.717) is 25.9 Å². The van der Waals surface area contributed by atoms with Crippen LogP contribution < -0.4 is 5.32 Å². The second-order valence-electron chi connectivity index (χ2n) is 4.77. The van der Waals surface area contributed by atoms with Gasteiger partial charge in [0.15, 0.2) is 0 Å². The van der Waals surface area contributed by atoms with E-state index in [9.17, 15) is 9.59 Å². The first-order valence-corrected chi connectivity index (χ1v) is 7.95. The molecule has 5 heteroatoms. The summed E-state index contributed by atoms with van der Waals surface area (Å²) in [6, 6.07) is 9.78. The van der Waals surface area contributed by atoms with Crippen molar-refractivity contribution in [2.75, 3.05) is 18.8 Å². The van der Waals surface area contributed by atoms with Gasteiger partial charge in [-0.15, -0.1) is 11.8 Å². The maximum absolute atomic E-state index is 12.3. The second kappa shape index (κ2) is 7.33. The third kappa shape index (κ3) is 4.00. The van der Waals surface area contributed by atoms with E-state index in [2.05, 4.69) is 17.4 Å². The van der Waals surface area contributed by atoms with Gasteiger partial charge in [-0.3, -0.25) is 9.59 Å². The van der Waals surface area contributed by atoms with Gasteiger partial charge in [-0.25, -0.2) is 0 Å². The number of benzene rings is 1. The summed E-state index contributed by atoms with van der Waals surface area (Å²) in [5.74, 6) is 0.871. The number of rotatable bonds is 5. The average Bonchev–Trinajstić information content (AvgIpc) is 2.61. The first-order chi connectivity index (χ1) is 9.70. The number of nitrogens with zero attached hydrogens (tertiary/aromatic N) is 1. The molecule has 0 spiro atoms. The summed E-state index contributed by atoms with van der Waals surface area (Å²) in [5.41, 5.74) is 0. The van der Waals surface area contributed by atoms with Gasteiger partial charge >= 0.3 is 0 Å². The van der Waals surface area contributed by atoms with Crippen LogP contribution in [0.4, 0.5) is 0 Å². The Hall–Kier alpha value is -1.49. The molecule has 1 aliphatic rings. The minimum atomic E-state index is -0.355. The Labute approximate surface area is 123 Å². The fourth-order valence-corrected chi connectivity index (χ4v) is 3.08. The van der Waals surface area contributed by atoms with Gasteiger partial charge in [-0.05, 0) is 18.6 Å². The lowest BCUT2D eigenvalue weighted by atomic mass is 10.2. The molecule has 0 aliphatic carbocycles. The Kier molecular flexibility index (Phi) is 5.47. The van der Waals surface area contributed by atoms with Crippen LogP contribution in [0.25, 0.3) is 0 Å². The van der Waals surface area contributed by atoms with E-state index in [0.717, 1.165) is 5.75 Å². The van der Waals surface area contributed by atoms with Crippen LogP contribution in [0.2, 0.25) is 0 Å². The third-order valence-corrected chi connectivity index (χ3v) is 4.33. The molecule has 2 amide bonds. The number of carbonyl (C=O) groups excluding carboxylic acids is 2. The highest BCUT2D eigenvalue weighted by atomic mass is 32.2. The van der Waals surface area contributed by atoms with Crippen LogP contribution in [-0.2, 0) is 9.59 Å². The molecule has 0 saturated carbocycles. The van der Waals surface area contributed by atoms with E-state index in [-0.39, 0.29) is 17.9 Å². The Bertz CT molecular complexity index is 464. The summed E-state index contributed by atoms with van der Waals surface area (Å²) < 4.78 is 0. The van der Waals surface area contributed by atoms with Crippen LogP contribution in [-0.4, -0.2) is 41.6 Å². The Morgan fingerprint density at radius 1 is 1.30 bits per heavy atom. The number of thioether (sulfide) groups is 1. The first kappa shape index (κ1) is 14.9. The van der Waals surface area contributed by atoms with Gasteiger partial charge in [0.25, 0.3) is 0 Å². The lowest BCUT2D eigenvalue weighted by molar-refractivity contribution is -0.133. The van der Waals surface area contributed by atoms with Crippen molar-refractivity contribution in [1.29, 1.82) is 0 Å². The highest BCUT2D eigenvalue weighted by molar-refractivity contribution is 7.99. The van der Waals surface area contributed by atoms with Crippen LogP contribution in [0.5, 0.6) is 0 Å². The van der Waals surface area contributed by atoms with Gasteiger partial charge < -0.3 is 10.2 Å². The minimum absolute atomic E-state index is 0.0246. The zero-order chi connectivity index (χ0) is 14.4. The van der Waals surface area contributed by atoms with Crippen LogP contribution in [0.1, 0.15) is 19.8 Å². The molecular formula is C15H20N2O2S. The predicted molar refractivity (Wildman–Crippen MR) is 80.6 cm³/mol. The van der Waals surface area contributed by atoms with Crippen LogP contribution >= 0.6 is 11.8 Å². The summed E-state index contributed by atoms with van der Waals surface area (Å²) in [7, 11) is 0. The Morgan fingerprint density at radius 3 is 2.75 bits per heavy atom. The monoisotopic (exact) mass is 292 g/mol. The summed E-state index contributed by atoms with van der Waals surface area (Å²) in [5, 5.41) is 2.78. The Balaban J connectivity index is 1.87. The molecular weight excluding hydrogens is 272 g/mol. The minimum Gasteiger partial charge on any atom is -0.344 e. The van der Waals surface area contributed by atoms with Gasteiger partial charge in [-0.1, -0.05) is 25.1 Å². The molecule has 2 rings (SSSR count). The molecule has 0 bridgehead atoms. The number of carbonyl (C=O) groups is 2. The van der Waals surface area contributed by atoms with Crippen LogP contribution in [0.15, 0.2) is 35.2 Å². The maximum Gasteiger partial charge on any atom is 0.245 e. The largest absolute Gasteiger partial charge is 0.344 e. The normalized spacial score (nSPS) is 19.6. The van der Waals surface area contributed by atoms with Gasteiger partial charge in [0.1, 0.15) is 6.04 Å². The van der Waals surface area contributed by atoms with Gasteiger partial charge in [-0.2, -0.15) is 0 Å². The third-order valence-electron chi connectivity index (χ3n) is 3.34. The van der Waals surface area contributed by atoms with E-state index in [4.69, 9.17) is 0 Å². The standard InChI is InChI=1S/C15H20N2O2S/c1-2-13-15(19)17(9-8-14(18)16-13)10-11-20-12-6-4-3-5-7-12/h3-7,13H,2,8-11H2,1H3,(H,16,18). The van der Waals surface area contributed by atoms with Crippen molar-refractivity contribution >= 4 is 23.6 Å². The molecule has 20 heavy (non-hydrogen) atoms. The number of nitrogens with one attached hydrogen (secondary N) is 1. The Morgan fingerprint density at radius 2 is 2.05 bits per heavy atom. The molecule has 4 nitrogen and oxygen atoms in total. The van der Waals surface area contributed by atoms with E-state index in [1.165, 1.54) is 4.90 Å². The van der Waals surface area contributed by atoms with Crippen LogP contribution in [0.3, 0.4) is 0 Å². The van der Waals surface area contributed by atoms with E-state index in [1.54, 1.807) is 11.8 Å². The van der Waals surface area contributed by atoms with Crippen molar-refractivity contribution in [2.24, 2.45) is 0 Å². The lowest BCUT2D eigenvalue weighted by Gasteiger charge is -2.23. The zero-order valence-electron chi connectivity index (χ0n) is 11.7. The highest BCUT2D eigenvalue weighted by Crippen LogP contribution is 2.17. The summed E-state index contributed by atoms with van der Waals surface area (Å²) in [6.45, 7) is 3.13. The van der Waals surface area contributed by atoms with Crippen molar-refractivity contribution in [3.05, 3.63) is 30.3 Å². The lowest BCUT2D eigenvalue weighted by Crippen LogP contribution is -2.44. The topological polar surface area (TPSA) is 49.4 Å². The van der Waals surface area contributed by atoms with E-state index in [1.807, 2.05) is 30.0 Å². The smallest absolute Gasteiger partial charge is 0.245 e. The molecule has 1 unspecified atom stereocenters. The molecule has 1 aliphatic heterocycles. The number of amides is 2. The molecule has 1 fully saturated rings. The molecule has 1 heterocycles. The SMILES string of the molecule is CCC1NC(=O)CCN(CCSc2ccccc2)C1=O. The van der Waals surface area contributed by atoms with Crippen molar-refractivity contribution in [3.63, 3.8) is 0 Å². The summed E-state index contributed by atoms with van der Waals surface area (Å²) >= 11 is 1.73. The van der Waals surface area contributed by atoms with Gasteiger partial charge in [0.2, 0.25) is 11.8 Å². The summed E-state index contributed by atoms with van der Waals surface area (Å²) in [4.78, 5) is 26.8. The van der Waals surface area contributed by atoms with Crippen molar-refractivity contribution in [1.82, 2.24) is 10.2 Å². The number of hydrogen-bond donors (Lipinski definition) is 1. The molecule has 0 radical (unpaired) electrons. The highest BCUT2D eigenvalue weighted by Gasteiger charge is 2.27. The zero-order valence-corrected chi connectivity index (χ0v) is 12.5. The maximum atomic E-state index is 12.3. The molecule has 1 N–H and O–H groups in total. The van der Waals surface area contributed by atoms with Crippen molar-refractivity contribution in [3.8, 4) is 0 Å². The average molecular weight is 292 g/mol. The number of hydrogen-bond acceptors (Lipinski definition) is 3. The van der Waals surface area contributed by atoms with Gasteiger partial charge in [0.05, 0.1) is 0 Å². The van der Waals surface area contributed by atoms with E-state index < -0.39 is 0 Å². The van der Waals surface area contributed by atoms with E-state index >= 15 is 0 Å². The fourth-order valence-electron chi connectivity index (χ4n) is 2.18. The van der Waals surface area contributed by atoms with Gasteiger partial charge in [0, 0.05) is 30.2 Å². The molecule has 108 valence electrons. The predicted octanol–water partition coefficient (Wildman–Crippen LogP) is 1.91. The quantitative estimate of drug-likeness (QED) is 0.843. The van der Waals surface area contributed by atoms with Crippen molar-refractivity contribution < 1.29 is 9.59 Å². The molecule has 1 atom stereocenters. The first-order valence-electron chi connectivity index (χ1n) is 6.96. The molecule has 0 aromatic heterocycles.